The molecule has 1 aromatic heterocycles. The van der Waals surface area contributed by atoms with Gasteiger partial charge in [0.25, 0.3) is 0 Å². The van der Waals surface area contributed by atoms with Crippen LogP contribution in [0.3, 0.4) is 0 Å². The fraction of sp³-hybridized carbons (Fsp3) is 0.200. The van der Waals surface area contributed by atoms with Gasteiger partial charge in [-0.15, -0.1) is 0 Å². The van der Waals surface area contributed by atoms with E-state index in [0.717, 1.165) is 16.9 Å². The number of aromatic nitrogens is 1. The number of rotatable bonds is 2. The predicted molar refractivity (Wildman–Crippen MR) is 69.7 cm³/mol. The molecule has 0 fully saturated rings. The summed E-state index contributed by atoms with van der Waals surface area (Å²) in [5.74, 6) is 1.49. The van der Waals surface area contributed by atoms with Gasteiger partial charge in [-0.2, -0.15) is 5.26 Å². The van der Waals surface area contributed by atoms with Gasteiger partial charge in [-0.3, -0.25) is 0 Å². The number of nitrogens with zero attached hydrogens (tertiary/aromatic N) is 2. The molecule has 2 rings (SSSR count). The van der Waals surface area contributed by atoms with Crippen molar-refractivity contribution in [2.24, 2.45) is 0 Å². The van der Waals surface area contributed by atoms with Crippen LogP contribution in [0, 0.1) is 32.1 Å². The molecular formula is C15H14N2O. The SMILES string of the molecule is Cc1ccc(C)c(Oc2ccnc(C#N)c2)c1C. The molecule has 0 unspecified atom stereocenters. The van der Waals surface area contributed by atoms with Gasteiger partial charge in [0.1, 0.15) is 23.3 Å². The fourth-order valence-corrected chi connectivity index (χ4v) is 1.74. The summed E-state index contributed by atoms with van der Waals surface area (Å²) in [6, 6.07) is 9.50. The summed E-state index contributed by atoms with van der Waals surface area (Å²) in [5, 5.41) is 8.81. The van der Waals surface area contributed by atoms with Crippen molar-refractivity contribution in [3.05, 3.63) is 52.8 Å². The van der Waals surface area contributed by atoms with Crippen LogP contribution >= 0.6 is 0 Å². The van der Waals surface area contributed by atoms with Crippen LogP contribution in [0.4, 0.5) is 0 Å². The van der Waals surface area contributed by atoms with Gasteiger partial charge in [-0.1, -0.05) is 12.1 Å². The second-order valence-electron chi connectivity index (χ2n) is 4.24. The molecule has 1 aromatic carbocycles. The third-order valence-corrected chi connectivity index (χ3v) is 2.94. The van der Waals surface area contributed by atoms with Crippen molar-refractivity contribution < 1.29 is 4.74 Å². The molecule has 0 aliphatic carbocycles. The highest BCUT2D eigenvalue weighted by Crippen LogP contribution is 2.30. The molecule has 1 heterocycles. The number of aryl methyl sites for hydroxylation is 2. The number of nitriles is 1. The zero-order valence-corrected chi connectivity index (χ0v) is 10.7. The minimum absolute atomic E-state index is 0.357. The zero-order valence-electron chi connectivity index (χ0n) is 10.7. The van der Waals surface area contributed by atoms with Gasteiger partial charge < -0.3 is 4.74 Å². The summed E-state index contributed by atoms with van der Waals surface area (Å²) in [7, 11) is 0. The summed E-state index contributed by atoms with van der Waals surface area (Å²) in [4.78, 5) is 3.92. The topological polar surface area (TPSA) is 45.9 Å². The molecule has 0 amide bonds. The van der Waals surface area contributed by atoms with E-state index >= 15 is 0 Å². The third kappa shape index (κ3) is 2.33. The minimum Gasteiger partial charge on any atom is -0.457 e. The number of benzene rings is 1. The molecule has 2 aromatic rings. The Hall–Kier alpha value is -2.34. The molecule has 0 aliphatic rings. The molecule has 90 valence electrons. The lowest BCUT2D eigenvalue weighted by Crippen LogP contribution is -1.94. The lowest BCUT2D eigenvalue weighted by molar-refractivity contribution is 0.473. The molecule has 0 saturated carbocycles. The van der Waals surface area contributed by atoms with Crippen molar-refractivity contribution in [2.75, 3.05) is 0 Å². The van der Waals surface area contributed by atoms with Crippen LogP contribution in [0.2, 0.25) is 0 Å². The van der Waals surface area contributed by atoms with Gasteiger partial charge in [0.15, 0.2) is 0 Å². The maximum atomic E-state index is 8.81. The Morgan fingerprint density at radius 2 is 1.83 bits per heavy atom. The summed E-state index contributed by atoms with van der Waals surface area (Å²) in [5.41, 5.74) is 3.74. The van der Waals surface area contributed by atoms with Crippen LogP contribution in [0.1, 0.15) is 22.4 Å². The summed E-state index contributed by atoms with van der Waals surface area (Å²) >= 11 is 0. The van der Waals surface area contributed by atoms with E-state index in [1.807, 2.05) is 26.0 Å². The third-order valence-electron chi connectivity index (χ3n) is 2.94. The van der Waals surface area contributed by atoms with Crippen LogP contribution in [0.25, 0.3) is 0 Å². The predicted octanol–water partition coefficient (Wildman–Crippen LogP) is 3.67. The molecule has 0 aliphatic heterocycles. The van der Waals surface area contributed by atoms with Crippen molar-refractivity contribution >= 4 is 0 Å². The van der Waals surface area contributed by atoms with E-state index in [-0.39, 0.29) is 0 Å². The normalized spacial score (nSPS) is 9.89. The van der Waals surface area contributed by atoms with Crippen molar-refractivity contribution in [2.45, 2.75) is 20.8 Å². The van der Waals surface area contributed by atoms with E-state index in [1.165, 1.54) is 5.56 Å². The second-order valence-corrected chi connectivity index (χ2v) is 4.24. The van der Waals surface area contributed by atoms with Crippen molar-refractivity contribution in [1.82, 2.24) is 4.98 Å². The number of hydrogen-bond acceptors (Lipinski definition) is 3. The van der Waals surface area contributed by atoms with Crippen molar-refractivity contribution in [3.63, 3.8) is 0 Å². The Morgan fingerprint density at radius 3 is 2.56 bits per heavy atom. The molecule has 0 N–H and O–H groups in total. The zero-order chi connectivity index (χ0) is 13.1. The summed E-state index contributed by atoms with van der Waals surface area (Å²) in [6.45, 7) is 6.09. The van der Waals surface area contributed by atoms with E-state index in [2.05, 4.69) is 18.0 Å². The van der Waals surface area contributed by atoms with E-state index in [9.17, 15) is 0 Å². The van der Waals surface area contributed by atoms with Crippen molar-refractivity contribution in [1.29, 1.82) is 5.26 Å². The highest BCUT2D eigenvalue weighted by molar-refractivity contribution is 5.47. The maximum absolute atomic E-state index is 8.81. The van der Waals surface area contributed by atoms with Crippen LogP contribution in [-0.4, -0.2) is 4.98 Å². The van der Waals surface area contributed by atoms with Gasteiger partial charge >= 0.3 is 0 Å². The van der Waals surface area contributed by atoms with Crippen LogP contribution < -0.4 is 4.74 Å². The molecule has 18 heavy (non-hydrogen) atoms. The minimum atomic E-state index is 0.357. The van der Waals surface area contributed by atoms with Gasteiger partial charge in [0.05, 0.1) is 0 Å². The van der Waals surface area contributed by atoms with E-state index < -0.39 is 0 Å². The Balaban J connectivity index is 2.40. The molecule has 0 radical (unpaired) electrons. The summed E-state index contributed by atoms with van der Waals surface area (Å²) < 4.78 is 5.87. The van der Waals surface area contributed by atoms with Crippen LogP contribution in [0.5, 0.6) is 11.5 Å². The maximum Gasteiger partial charge on any atom is 0.144 e. The highest BCUT2D eigenvalue weighted by atomic mass is 16.5. The number of ether oxygens (including phenoxy) is 1. The van der Waals surface area contributed by atoms with Gasteiger partial charge in [0, 0.05) is 12.3 Å². The average Bonchev–Trinajstić information content (AvgIpc) is 2.39. The van der Waals surface area contributed by atoms with E-state index in [1.54, 1.807) is 18.3 Å². The average molecular weight is 238 g/mol. The molecule has 3 nitrogen and oxygen atoms in total. The molecular weight excluding hydrogens is 224 g/mol. The largest absolute Gasteiger partial charge is 0.457 e. The quantitative estimate of drug-likeness (QED) is 0.801. The monoisotopic (exact) mass is 238 g/mol. The van der Waals surface area contributed by atoms with Crippen LogP contribution in [-0.2, 0) is 0 Å². The van der Waals surface area contributed by atoms with Gasteiger partial charge in [0.2, 0.25) is 0 Å². The van der Waals surface area contributed by atoms with Crippen molar-refractivity contribution in [3.8, 4) is 17.6 Å². The van der Waals surface area contributed by atoms with Gasteiger partial charge in [-0.05, 0) is 43.5 Å². The van der Waals surface area contributed by atoms with Crippen LogP contribution in [0.15, 0.2) is 30.5 Å². The number of hydrogen-bond donors (Lipinski definition) is 0. The smallest absolute Gasteiger partial charge is 0.144 e. The molecule has 0 bridgehead atoms. The standard InChI is InChI=1S/C15H14N2O/c1-10-4-5-11(2)15(12(10)3)18-14-6-7-17-13(8-14)9-16/h4-8H,1-3H3. The molecule has 0 saturated heterocycles. The first-order valence-corrected chi connectivity index (χ1v) is 5.72. The molecule has 0 atom stereocenters. The lowest BCUT2D eigenvalue weighted by Gasteiger charge is -2.13. The molecule has 3 heteroatoms. The number of pyridine rings is 1. The Labute approximate surface area is 107 Å². The Kier molecular flexibility index (Phi) is 3.29. The Morgan fingerprint density at radius 1 is 1.11 bits per heavy atom. The Bertz CT molecular complexity index is 627. The van der Waals surface area contributed by atoms with Gasteiger partial charge in [-0.25, -0.2) is 4.98 Å². The first-order valence-electron chi connectivity index (χ1n) is 5.72. The van der Waals surface area contributed by atoms with E-state index in [0.29, 0.717) is 11.4 Å². The first-order chi connectivity index (χ1) is 8.61. The summed E-state index contributed by atoms with van der Waals surface area (Å²) in [6.07, 6.45) is 1.58. The first kappa shape index (κ1) is 12.1. The lowest BCUT2D eigenvalue weighted by atomic mass is 10.1. The fourth-order valence-electron chi connectivity index (χ4n) is 1.74. The van der Waals surface area contributed by atoms with E-state index in [4.69, 9.17) is 10.00 Å². The highest BCUT2D eigenvalue weighted by Gasteiger charge is 2.08. The molecule has 0 spiro atoms. The second kappa shape index (κ2) is 4.89.